The molecule has 2 N–H and O–H groups in total. The molecule has 2 amide bonds. The van der Waals surface area contributed by atoms with Crippen molar-refractivity contribution in [3.05, 3.63) is 53.6 Å². The Morgan fingerprint density at radius 1 is 1.15 bits per heavy atom. The van der Waals surface area contributed by atoms with Gasteiger partial charge in [-0.25, -0.2) is 0 Å². The van der Waals surface area contributed by atoms with Gasteiger partial charge in [-0.2, -0.15) is 0 Å². The normalized spacial score (nSPS) is 15.8. The van der Waals surface area contributed by atoms with E-state index in [1.807, 2.05) is 19.1 Å². The van der Waals surface area contributed by atoms with Crippen LogP contribution < -0.4 is 15.5 Å². The molecule has 5 heteroatoms. The van der Waals surface area contributed by atoms with E-state index >= 15 is 0 Å². The maximum Gasteiger partial charge on any atom is 0.226 e. The van der Waals surface area contributed by atoms with Crippen LogP contribution in [-0.4, -0.2) is 24.4 Å². The third-order valence-electron chi connectivity index (χ3n) is 5.08. The molecule has 0 bridgehead atoms. The predicted molar refractivity (Wildman–Crippen MR) is 110 cm³/mol. The summed E-state index contributed by atoms with van der Waals surface area (Å²) in [6.07, 6.45) is 2.62. The molecule has 1 unspecified atom stereocenters. The zero-order chi connectivity index (χ0) is 19.4. The van der Waals surface area contributed by atoms with E-state index in [0.717, 1.165) is 24.1 Å². The SMILES string of the molecule is CC(=O)Nc1cc(NC(=O)CCN2c3ccccc3CCC2C)ccc1C. The molecular weight excluding hydrogens is 338 g/mol. The van der Waals surface area contributed by atoms with E-state index in [1.54, 1.807) is 6.07 Å². The quantitative estimate of drug-likeness (QED) is 0.838. The Balaban J connectivity index is 1.63. The third-order valence-corrected chi connectivity index (χ3v) is 5.08. The fourth-order valence-corrected chi connectivity index (χ4v) is 3.57. The first kappa shape index (κ1) is 19.0. The highest BCUT2D eigenvalue weighted by Crippen LogP contribution is 2.30. The Morgan fingerprint density at radius 2 is 1.93 bits per heavy atom. The van der Waals surface area contributed by atoms with E-state index in [1.165, 1.54) is 18.2 Å². The Morgan fingerprint density at radius 3 is 2.70 bits per heavy atom. The number of para-hydroxylation sites is 1. The van der Waals surface area contributed by atoms with Crippen LogP contribution in [0.3, 0.4) is 0 Å². The van der Waals surface area contributed by atoms with Gasteiger partial charge < -0.3 is 15.5 Å². The van der Waals surface area contributed by atoms with Crippen molar-refractivity contribution in [2.45, 2.75) is 46.1 Å². The largest absolute Gasteiger partial charge is 0.368 e. The number of fused-ring (bicyclic) bond motifs is 1. The summed E-state index contributed by atoms with van der Waals surface area (Å²) < 4.78 is 0. The second kappa shape index (κ2) is 8.25. The molecule has 5 nitrogen and oxygen atoms in total. The van der Waals surface area contributed by atoms with Crippen molar-refractivity contribution in [3.8, 4) is 0 Å². The van der Waals surface area contributed by atoms with Crippen LogP contribution in [0.1, 0.15) is 37.8 Å². The second-order valence-corrected chi connectivity index (χ2v) is 7.22. The van der Waals surface area contributed by atoms with Crippen LogP contribution in [0.15, 0.2) is 42.5 Å². The summed E-state index contributed by atoms with van der Waals surface area (Å²) in [5, 5.41) is 5.73. The molecule has 2 aromatic carbocycles. The highest BCUT2D eigenvalue weighted by atomic mass is 16.2. The lowest BCUT2D eigenvalue weighted by Gasteiger charge is -2.37. The van der Waals surface area contributed by atoms with Gasteiger partial charge in [-0.3, -0.25) is 9.59 Å². The third kappa shape index (κ3) is 4.67. The number of carbonyl (C=O) groups is 2. The van der Waals surface area contributed by atoms with Gasteiger partial charge in [0.05, 0.1) is 0 Å². The minimum Gasteiger partial charge on any atom is -0.368 e. The molecule has 0 aromatic heterocycles. The van der Waals surface area contributed by atoms with E-state index in [0.29, 0.717) is 24.7 Å². The number of aryl methyl sites for hydroxylation is 2. The molecule has 1 heterocycles. The molecule has 2 aromatic rings. The van der Waals surface area contributed by atoms with Crippen molar-refractivity contribution in [1.29, 1.82) is 0 Å². The van der Waals surface area contributed by atoms with E-state index in [2.05, 4.69) is 46.7 Å². The predicted octanol–water partition coefficient (Wildman–Crippen LogP) is 4.12. The van der Waals surface area contributed by atoms with Gasteiger partial charge in [-0.05, 0) is 56.0 Å². The molecule has 3 rings (SSSR count). The lowest BCUT2D eigenvalue weighted by molar-refractivity contribution is -0.116. The van der Waals surface area contributed by atoms with Crippen LogP contribution in [0.2, 0.25) is 0 Å². The number of carbonyl (C=O) groups excluding carboxylic acids is 2. The molecule has 0 saturated heterocycles. The topological polar surface area (TPSA) is 61.4 Å². The molecule has 0 spiro atoms. The number of rotatable bonds is 5. The van der Waals surface area contributed by atoms with Crippen molar-refractivity contribution in [2.75, 3.05) is 22.1 Å². The van der Waals surface area contributed by atoms with Crippen molar-refractivity contribution < 1.29 is 9.59 Å². The molecule has 0 radical (unpaired) electrons. The fourth-order valence-electron chi connectivity index (χ4n) is 3.57. The lowest BCUT2D eigenvalue weighted by atomic mass is 9.96. The zero-order valence-electron chi connectivity index (χ0n) is 16.2. The van der Waals surface area contributed by atoms with E-state index in [9.17, 15) is 9.59 Å². The number of nitrogens with one attached hydrogen (secondary N) is 2. The van der Waals surface area contributed by atoms with Crippen molar-refractivity contribution in [2.24, 2.45) is 0 Å². The average Bonchev–Trinajstić information content (AvgIpc) is 2.63. The van der Waals surface area contributed by atoms with Crippen LogP contribution in [0.5, 0.6) is 0 Å². The van der Waals surface area contributed by atoms with Crippen molar-refractivity contribution in [1.82, 2.24) is 0 Å². The highest BCUT2D eigenvalue weighted by molar-refractivity contribution is 5.94. The summed E-state index contributed by atoms with van der Waals surface area (Å²) in [5.74, 6) is -0.151. The first-order chi connectivity index (χ1) is 12.9. The fraction of sp³-hybridized carbons (Fsp3) is 0.364. The molecule has 1 atom stereocenters. The van der Waals surface area contributed by atoms with Crippen LogP contribution in [0, 0.1) is 6.92 Å². The molecule has 142 valence electrons. The summed E-state index contributed by atoms with van der Waals surface area (Å²) in [6.45, 7) is 6.30. The van der Waals surface area contributed by atoms with E-state index < -0.39 is 0 Å². The van der Waals surface area contributed by atoms with E-state index in [-0.39, 0.29) is 11.8 Å². The minimum absolute atomic E-state index is 0.0251. The first-order valence-electron chi connectivity index (χ1n) is 9.46. The van der Waals surface area contributed by atoms with E-state index in [4.69, 9.17) is 0 Å². The first-order valence-corrected chi connectivity index (χ1v) is 9.46. The van der Waals surface area contributed by atoms with Crippen molar-refractivity contribution in [3.63, 3.8) is 0 Å². The maximum atomic E-state index is 12.5. The molecule has 0 saturated carbocycles. The molecule has 27 heavy (non-hydrogen) atoms. The van der Waals surface area contributed by atoms with Gasteiger partial charge in [-0.15, -0.1) is 0 Å². The summed E-state index contributed by atoms with van der Waals surface area (Å²) >= 11 is 0. The van der Waals surface area contributed by atoms with Gasteiger partial charge in [0.2, 0.25) is 11.8 Å². The molecule has 0 fully saturated rings. The number of hydrogen-bond acceptors (Lipinski definition) is 3. The van der Waals surface area contributed by atoms with Crippen LogP contribution in [0.25, 0.3) is 0 Å². The van der Waals surface area contributed by atoms with Crippen LogP contribution >= 0.6 is 0 Å². The zero-order valence-corrected chi connectivity index (χ0v) is 16.2. The Kier molecular flexibility index (Phi) is 5.79. The standard InChI is InChI=1S/C22H27N3O2/c1-15-8-11-19(14-20(15)23-17(3)26)24-22(27)12-13-25-16(2)9-10-18-6-4-5-7-21(18)25/h4-8,11,14,16H,9-10,12-13H2,1-3H3,(H,23,26)(H,24,27). The van der Waals surface area contributed by atoms with Crippen LogP contribution in [0.4, 0.5) is 17.1 Å². The minimum atomic E-state index is -0.126. The average molecular weight is 365 g/mol. The lowest BCUT2D eigenvalue weighted by Crippen LogP contribution is -2.39. The Hall–Kier alpha value is -2.82. The Labute approximate surface area is 160 Å². The van der Waals surface area contributed by atoms with Gasteiger partial charge in [0, 0.05) is 43.0 Å². The summed E-state index contributed by atoms with van der Waals surface area (Å²) in [4.78, 5) is 26.1. The monoisotopic (exact) mass is 365 g/mol. The van der Waals surface area contributed by atoms with Crippen molar-refractivity contribution >= 4 is 28.9 Å². The summed E-state index contributed by atoms with van der Waals surface area (Å²) in [5.41, 5.74) is 4.98. The van der Waals surface area contributed by atoms with Crippen LogP contribution in [-0.2, 0) is 16.0 Å². The number of nitrogens with zero attached hydrogens (tertiary/aromatic N) is 1. The molecule has 1 aliphatic rings. The number of benzene rings is 2. The number of amides is 2. The molecular formula is C22H27N3O2. The highest BCUT2D eigenvalue weighted by Gasteiger charge is 2.22. The Bertz CT molecular complexity index is 847. The smallest absolute Gasteiger partial charge is 0.226 e. The van der Waals surface area contributed by atoms with Gasteiger partial charge in [0.25, 0.3) is 0 Å². The molecule has 0 aliphatic carbocycles. The van der Waals surface area contributed by atoms with Gasteiger partial charge in [0.1, 0.15) is 0 Å². The second-order valence-electron chi connectivity index (χ2n) is 7.22. The summed E-state index contributed by atoms with van der Waals surface area (Å²) in [7, 11) is 0. The maximum absolute atomic E-state index is 12.5. The van der Waals surface area contributed by atoms with Gasteiger partial charge in [-0.1, -0.05) is 24.3 Å². The van der Waals surface area contributed by atoms with Gasteiger partial charge in [0.15, 0.2) is 0 Å². The van der Waals surface area contributed by atoms with Gasteiger partial charge >= 0.3 is 0 Å². The summed E-state index contributed by atoms with van der Waals surface area (Å²) in [6, 6.07) is 14.4. The molecule has 1 aliphatic heterocycles. The number of anilines is 3. The number of hydrogen-bond donors (Lipinski definition) is 2.